The van der Waals surface area contributed by atoms with Gasteiger partial charge in [-0.1, -0.05) is 5.16 Å². The minimum atomic E-state index is -3.87. The van der Waals surface area contributed by atoms with Gasteiger partial charge in [-0.15, -0.1) is 11.3 Å². The van der Waals surface area contributed by atoms with Gasteiger partial charge in [0.1, 0.15) is 11.6 Å². The highest BCUT2D eigenvalue weighted by Crippen LogP contribution is 2.35. The smallest absolute Gasteiger partial charge is 0.244 e. The van der Waals surface area contributed by atoms with E-state index in [2.05, 4.69) is 15.5 Å². The first kappa shape index (κ1) is 22.5. The molecule has 12 heteroatoms. The number of hydrogen-bond donors (Lipinski definition) is 1. The zero-order chi connectivity index (χ0) is 23.0. The lowest BCUT2D eigenvalue weighted by molar-refractivity contribution is -0.120. The van der Waals surface area contributed by atoms with E-state index in [0.717, 1.165) is 12.1 Å². The molecule has 32 heavy (non-hydrogen) atoms. The molecule has 0 spiro atoms. The molecule has 0 saturated carbocycles. The van der Waals surface area contributed by atoms with Crippen LogP contribution >= 0.6 is 11.3 Å². The van der Waals surface area contributed by atoms with Gasteiger partial charge in [0.25, 0.3) is 0 Å². The third kappa shape index (κ3) is 4.43. The normalized spacial score (nSPS) is 17.4. The maximum Gasteiger partial charge on any atom is 0.244 e. The Bertz CT molecular complexity index is 1270. The molecule has 0 radical (unpaired) electrons. The number of rotatable bonds is 5. The Morgan fingerprint density at radius 3 is 2.75 bits per heavy atom. The summed E-state index contributed by atoms with van der Waals surface area (Å²) in [4.78, 5) is 18.1. The summed E-state index contributed by atoms with van der Waals surface area (Å²) in [6.07, 6.45) is 0.931. The van der Waals surface area contributed by atoms with Crippen LogP contribution in [0.25, 0.3) is 10.7 Å². The van der Waals surface area contributed by atoms with Crippen LogP contribution < -0.4 is 5.32 Å². The van der Waals surface area contributed by atoms with E-state index in [-0.39, 0.29) is 23.7 Å². The van der Waals surface area contributed by atoms with E-state index in [1.165, 1.54) is 21.7 Å². The molecule has 1 fully saturated rings. The molecule has 4 rings (SSSR count). The number of nitrogens with one attached hydrogen (secondary N) is 1. The van der Waals surface area contributed by atoms with E-state index < -0.39 is 33.5 Å². The largest absolute Gasteiger partial charge is 0.339 e. The molecular weight excluding hydrogens is 462 g/mol. The molecule has 2 aromatic heterocycles. The van der Waals surface area contributed by atoms with Crippen LogP contribution in [0.1, 0.15) is 23.6 Å². The number of anilines is 1. The fourth-order valence-electron chi connectivity index (χ4n) is 3.57. The van der Waals surface area contributed by atoms with Crippen LogP contribution in [0.5, 0.6) is 0 Å². The second kappa shape index (κ2) is 8.68. The van der Waals surface area contributed by atoms with E-state index in [4.69, 9.17) is 4.52 Å². The lowest BCUT2D eigenvalue weighted by Gasteiger charge is -2.31. The number of aromatic nitrogens is 2. The number of piperidine rings is 1. The maximum atomic E-state index is 13.9. The van der Waals surface area contributed by atoms with Crippen molar-refractivity contribution < 1.29 is 26.5 Å². The SMILES string of the molecule is Cc1nc(-c2cc(S(=O)(=O)N3CCCC(C(=O)Nc4ccc(F)cc4F)C3)c(C)s2)no1. The maximum absolute atomic E-state index is 13.9. The second-order valence-electron chi connectivity index (χ2n) is 7.48. The zero-order valence-electron chi connectivity index (χ0n) is 17.3. The van der Waals surface area contributed by atoms with Gasteiger partial charge in [-0.2, -0.15) is 9.29 Å². The summed E-state index contributed by atoms with van der Waals surface area (Å²) in [6.45, 7) is 3.57. The average molecular weight is 483 g/mol. The molecule has 1 N–H and O–H groups in total. The van der Waals surface area contributed by atoms with Crippen molar-refractivity contribution in [2.75, 3.05) is 18.4 Å². The molecule has 3 aromatic rings. The fourth-order valence-corrected chi connectivity index (χ4v) is 6.58. The molecule has 1 amide bonds. The van der Waals surface area contributed by atoms with Gasteiger partial charge in [0, 0.05) is 31.0 Å². The molecule has 1 aliphatic heterocycles. The molecule has 0 aliphatic carbocycles. The average Bonchev–Trinajstić information content (AvgIpc) is 3.36. The summed E-state index contributed by atoms with van der Waals surface area (Å²) in [5, 5.41) is 6.26. The highest BCUT2D eigenvalue weighted by molar-refractivity contribution is 7.89. The summed E-state index contributed by atoms with van der Waals surface area (Å²) in [5.74, 6) is -2.14. The van der Waals surface area contributed by atoms with Crippen molar-refractivity contribution in [3.8, 4) is 10.7 Å². The number of hydrogen-bond acceptors (Lipinski definition) is 7. The molecular formula is C20H20F2N4O4S2. The van der Waals surface area contributed by atoms with Crippen molar-refractivity contribution in [2.45, 2.75) is 31.6 Å². The molecule has 1 unspecified atom stereocenters. The first-order chi connectivity index (χ1) is 15.1. The van der Waals surface area contributed by atoms with E-state index in [1.807, 2.05) is 0 Å². The molecule has 3 heterocycles. The van der Waals surface area contributed by atoms with Crippen molar-refractivity contribution in [3.05, 3.63) is 46.7 Å². The van der Waals surface area contributed by atoms with E-state index in [1.54, 1.807) is 13.8 Å². The van der Waals surface area contributed by atoms with Crippen LogP contribution in [0.2, 0.25) is 0 Å². The van der Waals surface area contributed by atoms with Gasteiger partial charge in [-0.3, -0.25) is 4.79 Å². The molecule has 1 aromatic carbocycles. The van der Waals surface area contributed by atoms with Crippen LogP contribution in [0, 0.1) is 31.4 Å². The quantitative estimate of drug-likeness (QED) is 0.594. The lowest BCUT2D eigenvalue weighted by Crippen LogP contribution is -2.43. The topological polar surface area (TPSA) is 105 Å². The van der Waals surface area contributed by atoms with E-state index in [9.17, 15) is 22.0 Å². The van der Waals surface area contributed by atoms with Crippen LogP contribution in [-0.4, -0.2) is 41.9 Å². The van der Waals surface area contributed by atoms with E-state index >= 15 is 0 Å². The first-order valence-corrected chi connectivity index (χ1v) is 12.1. The Kier molecular flexibility index (Phi) is 6.10. The Balaban J connectivity index is 1.52. The number of amides is 1. The van der Waals surface area contributed by atoms with Gasteiger partial charge < -0.3 is 9.84 Å². The second-order valence-corrected chi connectivity index (χ2v) is 10.6. The fraction of sp³-hybridized carbons (Fsp3) is 0.350. The predicted octanol–water partition coefficient (Wildman–Crippen LogP) is 3.73. The van der Waals surface area contributed by atoms with Gasteiger partial charge >= 0.3 is 0 Å². The van der Waals surface area contributed by atoms with E-state index in [0.29, 0.717) is 40.4 Å². The number of carbonyl (C=O) groups is 1. The minimum absolute atomic E-state index is 0.0388. The van der Waals surface area contributed by atoms with Crippen molar-refractivity contribution in [3.63, 3.8) is 0 Å². The third-order valence-electron chi connectivity index (χ3n) is 5.18. The molecule has 0 bridgehead atoms. The number of nitrogens with zero attached hydrogens (tertiary/aromatic N) is 3. The van der Waals surface area contributed by atoms with Gasteiger partial charge in [0.05, 0.1) is 21.4 Å². The number of carbonyl (C=O) groups excluding carboxylic acids is 1. The van der Waals surface area contributed by atoms with Crippen LogP contribution in [-0.2, 0) is 14.8 Å². The van der Waals surface area contributed by atoms with Gasteiger partial charge in [0.15, 0.2) is 0 Å². The highest BCUT2D eigenvalue weighted by atomic mass is 32.2. The van der Waals surface area contributed by atoms with Crippen molar-refractivity contribution in [2.24, 2.45) is 5.92 Å². The molecule has 1 saturated heterocycles. The Labute approximate surface area is 187 Å². The number of benzene rings is 1. The van der Waals surface area contributed by atoms with Gasteiger partial charge in [0.2, 0.25) is 27.6 Å². The van der Waals surface area contributed by atoms with Gasteiger partial charge in [-0.25, -0.2) is 17.2 Å². The molecule has 1 aliphatic rings. The Morgan fingerprint density at radius 2 is 2.06 bits per heavy atom. The van der Waals surface area contributed by atoms with Gasteiger partial charge in [-0.05, 0) is 38.0 Å². The minimum Gasteiger partial charge on any atom is -0.339 e. The van der Waals surface area contributed by atoms with Crippen LogP contribution in [0.4, 0.5) is 14.5 Å². The molecule has 170 valence electrons. The standard InChI is InChI=1S/C20H20F2N4O4S2/c1-11-18(9-17(31-11)19-23-12(2)30-25-19)32(28,29)26-7-3-4-13(10-26)20(27)24-16-6-5-14(21)8-15(16)22/h5-6,8-9,13H,3-4,7,10H2,1-2H3,(H,24,27). The summed E-state index contributed by atoms with van der Waals surface area (Å²) in [5.41, 5.74) is -0.148. The Hall–Kier alpha value is -2.70. The summed E-state index contributed by atoms with van der Waals surface area (Å²) in [7, 11) is -3.87. The zero-order valence-corrected chi connectivity index (χ0v) is 18.9. The first-order valence-electron chi connectivity index (χ1n) is 9.82. The number of thiophene rings is 1. The predicted molar refractivity (Wildman–Crippen MR) is 114 cm³/mol. The van der Waals surface area contributed by atoms with Crippen LogP contribution in [0.15, 0.2) is 33.7 Å². The number of halogens is 2. The van der Waals surface area contributed by atoms with Crippen molar-refractivity contribution in [1.29, 1.82) is 0 Å². The number of sulfonamides is 1. The molecule has 1 atom stereocenters. The molecule has 8 nitrogen and oxygen atoms in total. The summed E-state index contributed by atoms with van der Waals surface area (Å²) < 4.78 is 59.8. The van der Waals surface area contributed by atoms with Crippen LogP contribution in [0.3, 0.4) is 0 Å². The monoisotopic (exact) mass is 482 g/mol. The summed E-state index contributed by atoms with van der Waals surface area (Å²) >= 11 is 1.24. The third-order valence-corrected chi connectivity index (χ3v) is 8.35. The van der Waals surface area contributed by atoms with Crippen molar-refractivity contribution in [1.82, 2.24) is 14.4 Å². The Morgan fingerprint density at radius 1 is 1.28 bits per heavy atom. The summed E-state index contributed by atoms with van der Waals surface area (Å²) in [6, 6.07) is 4.36. The number of aryl methyl sites for hydroxylation is 2. The van der Waals surface area contributed by atoms with Crippen molar-refractivity contribution >= 4 is 33.0 Å². The lowest BCUT2D eigenvalue weighted by atomic mass is 9.98. The highest BCUT2D eigenvalue weighted by Gasteiger charge is 2.35.